The van der Waals surface area contributed by atoms with E-state index in [1.807, 2.05) is 31.2 Å². The number of aryl methyl sites for hydroxylation is 1. The molecule has 2 aliphatic heterocycles. The molecule has 7 nitrogen and oxygen atoms in total. The van der Waals surface area contributed by atoms with E-state index in [9.17, 15) is 14.0 Å². The van der Waals surface area contributed by atoms with E-state index in [0.717, 1.165) is 16.7 Å². The second-order valence-corrected chi connectivity index (χ2v) is 10.2. The van der Waals surface area contributed by atoms with Crippen LogP contribution in [-0.2, 0) is 14.9 Å². The summed E-state index contributed by atoms with van der Waals surface area (Å²) in [7, 11) is 0. The summed E-state index contributed by atoms with van der Waals surface area (Å²) in [6.07, 6.45) is -0.467. The van der Waals surface area contributed by atoms with E-state index in [1.165, 1.54) is 12.1 Å². The molecule has 3 aromatic carbocycles. The number of anilines is 1. The Morgan fingerprint density at radius 3 is 2.71 bits per heavy atom. The van der Waals surface area contributed by atoms with Crippen molar-refractivity contribution in [2.45, 2.75) is 37.6 Å². The molecule has 3 aromatic rings. The standard InChI is InChI=1S/C28H25Cl2FN4O3/c1-3-38-27(37)35-34-24-14-22(16-5-4-6-17(29)11-16)28(21-10-8-18(30)12-23(21)32-26(28)36)25(33-24)20-13-19(31)9-7-15(20)2/h4-13,22,25H,3,14H2,1-2H3,(H,32,36)(H,33,34)(H,35,37)/t22-,25+,28-/m0/s1. The number of rotatable bonds is 4. The fraction of sp³-hybridized carbons (Fsp3) is 0.250. The summed E-state index contributed by atoms with van der Waals surface area (Å²) in [5.74, 6) is -0.804. The molecule has 10 heteroatoms. The summed E-state index contributed by atoms with van der Waals surface area (Å²) in [5, 5.41) is 11.6. The van der Waals surface area contributed by atoms with Gasteiger partial charge in [0.1, 0.15) is 17.1 Å². The molecule has 5 rings (SSSR count). The molecule has 1 fully saturated rings. The molecule has 0 aliphatic carbocycles. The van der Waals surface area contributed by atoms with Crippen LogP contribution in [0.5, 0.6) is 0 Å². The number of carbonyl (C=O) groups excluding carboxylic acids is 2. The number of benzene rings is 3. The van der Waals surface area contributed by atoms with Crippen LogP contribution in [0.2, 0.25) is 10.0 Å². The van der Waals surface area contributed by atoms with Crippen molar-refractivity contribution in [2.24, 2.45) is 5.10 Å². The van der Waals surface area contributed by atoms with Crippen LogP contribution in [0.4, 0.5) is 14.9 Å². The van der Waals surface area contributed by atoms with Crippen molar-refractivity contribution < 1.29 is 18.7 Å². The van der Waals surface area contributed by atoms with Crippen molar-refractivity contribution in [2.75, 3.05) is 11.9 Å². The van der Waals surface area contributed by atoms with Gasteiger partial charge < -0.3 is 15.4 Å². The zero-order valence-electron chi connectivity index (χ0n) is 20.6. The number of halogens is 3. The zero-order valence-corrected chi connectivity index (χ0v) is 22.2. The van der Waals surface area contributed by atoms with Gasteiger partial charge in [0, 0.05) is 28.1 Å². The summed E-state index contributed by atoms with van der Waals surface area (Å²) in [6, 6.07) is 16.3. The van der Waals surface area contributed by atoms with Gasteiger partial charge in [0.25, 0.3) is 0 Å². The molecule has 196 valence electrons. The Kier molecular flexibility index (Phi) is 7.03. The number of piperidine rings is 1. The Bertz CT molecular complexity index is 1460. The first kappa shape index (κ1) is 26.0. The molecule has 0 aromatic heterocycles. The summed E-state index contributed by atoms with van der Waals surface area (Å²) in [4.78, 5) is 26.2. The highest BCUT2D eigenvalue weighted by Crippen LogP contribution is 2.58. The van der Waals surface area contributed by atoms with Gasteiger partial charge in [-0.1, -0.05) is 47.5 Å². The zero-order chi connectivity index (χ0) is 27.0. The number of carbonyl (C=O) groups is 2. The van der Waals surface area contributed by atoms with Crippen molar-refractivity contribution in [3.8, 4) is 0 Å². The third-order valence-corrected chi connectivity index (χ3v) is 7.60. The largest absolute Gasteiger partial charge is 0.449 e. The minimum Gasteiger partial charge on any atom is -0.449 e. The molecule has 1 saturated heterocycles. The van der Waals surface area contributed by atoms with E-state index in [4.69, 9.17) is 27.9 Å². The number of hydrogen-bond donors (Lipinski definition) is 3. The molecule has 38 heavy (non-hydrogen) atoms. The fourth-order valence-corrected chi connectivity index (χ4v) is 5.93. The average Bonchev–Trinajstić information content (AvgIpc) is 3.16. The van der Waals surface area contributed by atoms with Gasteiger partial charge in [-0.2, -0.15) is 5.10 Å². The van der Waals surface area contributed by atoms with Gasteiger partial charge in [-0.3, -0.25) is 4.79 Å². The molecule has 1 spiro atoms. The van der Waals surface area contributed by atoms with Crippen molar-refractivity contribution in [1.29, 1.82) is 0 Å². The Hall–Kier alpha value is -3.62. The lowest BCUT2D eigenvalue weighted by Crippen LogP contribution is -2.57. The van der Waals surface area contributed by atoms with Crippen LogP contribution in [0.15, 0.2) is 65.8 Å². The lowest BCUT2D eigenvalue weighted by molar-refractivity contribution is -0.123. The average molecular weight is 555 g/mol. The molecular formula is C28H25Cl2FN4O3. The van der Waals surface area contributed by atoms with Crippen LogP contribution in [0.1, 0.15) is 47.6 Å². The van der Waals surface area contributed by atoms with Gasteiger partial charge in [0.15, 0.2) is 0 Å². The highest BCUT2D eigenvalue weighted by molar-refractivity contribution is 6.31. The number of nitrogens with zero attached hydrogens (tertiary/aromatic N) is 1. The third kappa shape index (κ3) is 4.48. The second-order valence-electron chi connectivity index (χ2n) is 9.29. The SMILES string of the molecule is CCOC(=O)N/N=C1/C[C@@H](c2cccc(Cl)c2)[C@]2(C(=O)Nc3cc(Cl)ccc32)[C@@H](c2cc(F)ccc2C)N1. The lowest BCUT2D eigenvalue weighted by atomic mass is 9.59. The monoisotopic (exact) mass is 554 g/mol. The van der Waals surface area contributed by atoms with Crippen LogP contribution < -0.4 is 16.1 Å². The van der Waals surface area contributed by atoms with Gasteiger partial charge in [0.2, 0.25) is 5.91 Å². The Labute approximate surface area is 229 Å². The maximum absolute atomic E-state index is 14.7. The number of hydrogen-bond acceptors (Lipinski definition) is 4. The first-order chi connectivity index (χ1) is 18.2. The molecular weight excluding hydrogens is 530 g/mol. The summed E-state index contributed by atoms with van der Waals surface area (Å²) in [6.45, 7) is 3.73. The maximum Gasteiger partial charge on any atom is 0.427 e. The van der Waals surface area contributed by atoms with E-state index < -0.39 is 29.3 Å². The quantitative estimate of drug-likeness (QED) is 0.334. The van der Waals surface area contributed by atoms with Crippen molar-refractivity contribution in [1.82, 2.24) is 10.7 Å². The minimum absolute atomic E-state index is 0.184. The van der Waals surface area contributed by atoms with Crippen LogP contribution in [0.25, 0.3) is 0 Å². The number of hydrazone groups is 1. The predicted octanol–water partition coefficient (Wildman–Crippen LogP) is 6.21. The highest BCUT2D eigenvalue weighted by Gasteiger charge is 2.61. The molecule has 3 N–H and O–H groups in total. The first-order valence-corrected chi connectivity index (χ1v) is 12.9. The first-order valence-electron chi connectivity index (χ1n) is 12.1. The lowest BCUT2D eigenvalue weighted by Gasteiger charge is -2.47. The summed E-state index contributed by atoms with van der Waals surface area (Å²) < 4.78 is 19.6. The molecule has 2 amide bonds. The van der Waals surface area contributed by atoms with Crippen LogP contribution in [0.3, 0.4) is 0 Å². The number of amidine groups is 1. The van der Waals surface area contributed by atoms with Crippen LogP contribution in [-0.4, -0.2) is 24.4 Å². The molecule has 2 aliphatic rings. The molecule has 0 saturated carbocycles. The fourth-order valence-electron chi connectivity index (χ4n) is 5.56. The number of amides is 2. The van der Waals surface area contributed by atoms with Gasteiger partial charge in [-0.15, -0.1) is 0 Å². The number of fused-ring (bicyclic) bond motifs is 2. The Morgan fingerprint density at radius 1 is 1.16 bits per heavy atom. The van der Waals surface area contributed by atoms with Crippen molar-refractivity contribution >= 4 is 46.7 Å². The minimum atomic E-state index is -1.23. The number of nitrogens with one attached hydrogen (secondary N) is 3. The smallest absolute Gasteiger partial charge is 0.427 e. The van der Waals surface area contributed by atoms with Crippen molar-refractivity contribution in [3.05, 3.63) is 98.8 Å². The third-order valence-electron chi connectivity index (χ3n) is 7.13. The predicted molar refractivity (Wildman–Crippen MR) is 145 cm³/mol. The summed E-state index contributed by atoms with van der Waals surface area (Å²) in [5.41, 5.74) is 4.62. The molecule has 2 heterocycles. The van der Waals surface area contributed by atoms with Crippen LogP contribution in [0, 0.1) is 12.7 Å². The second kappa shape index (κ2) is 10.3. The summed E-state index contributed by atoms with van der Waals surface area (Å²) >= 11 is 12.7. The van der Waals surface area contributed by atoms with Crippen molar-refractivity contribution in [3.63, 3.8) is 0 Å². The van der Waals surface area contributed by atoms with Crippen LogP contribution >= 0.6 is 23.2 Å². The molecule has 0 bridgehead atoms. The maximum atomic E-state index is 14.7. The van der Waals surface area contributed by atoms with Gasteiger partial charge in [0.05, 0.1) is 12.6 Å². The molecule has 0 radical (unpaired) electrons. The number of ether oxygens (including phenoxy) is 1. The van der Waals surface area contributed by atoms with E-state index in [2.05, 4.69) is 21.2 Å². The topological polar surface area (TPSA) is 91.8 Å². The van der Waals surface area contributed by atoms with E-state index in [1.54, 1.807) is 31.2 Å². The van der Waals surface area contributed by atoms with Gasteiger partial charge >= 0.3 is 6.09 Å². The van der Waals surface area contributed by atoms with Gasteiger partial charge in [-0.25, -0.2) is 14.6 Å². The Balaban J connectivity index is 1.77. The van der Waals surface area contributed by atoms with E-state index in [-0.39, 0.29) is 18.9 Å². The molecule has 0 unspecified atom stereocenters. The normalized spacial score (nSPS) is 23.1. The van der Waals surface area contributed by atoms with Gasteiger partial charge in [-0.05, 0) is 72.5 Å². The van der Waals surface area contributed by atoms with E-state index >= 15 is 0 Å². The highest BCUT2D eigenvalue weighted by atomic mass is 35.5. The molecule has 3 atom stereocenters. The Morgan fingerprint density at radius 2 is 1.95 bits per heavy atom. The van der Waals surface area contributed by atoms with E-state index in [0.29, 0.717) is 27.1 Å².